The van der Waals surface area contributed by atoms with E-state index in [2.05, 4.69) is 24.5 Å². The first-order valence-electron chi connectivity index (χ1n) is 7.19. The summed E-state index contributed by atoms with van der Waals surface area (Å²) in [5.41, 5.74) is 1.16. The van der Waals surface area contributed by atoms with Gasteiger partial charge in [0.1, 0.15) is 0 Å². The zero-order valence-electron chi connectivity index (χ0n) is 12.9. The molecule has 0 aliphatic heterocycles. The molecule has 2 amide bonds. The van der Waals surface area contributed by atoms with Crippen LogP contribution in [0.4, 0.5) is 5.69 Å². The zero-order chi connectivity index (χ0) is 16.1. The molecule has 1 aromatic carbocycles. The lowest BCUT2D eigenvalue weighted by molar-refractivity contribution is -0.114. The number of carbonyl (C=O) groups excluding carboxylic acids is 2. The Kier molecular flexibility index (Phi) is 5.33. The van der Waals surface area contributed by atoms with Gasteiger partial charge in [-0.2, -0.15) is 0 Å². The highest BCUT2D eigenvalue weighted by atomic mass is 32.1. The lowest BCUT2D eigenvalue weighted by Gasteiger charge is -2.21. The Bertz CT molecular complexity index is 650. The topological polar surface area (TPSA) is 58.2 Å². The molecule has 0 saturated heterocycles. The standard InChI is InChI=1S/C17H20N2O2S/c1-11(2)16(15-8-5-9-22-15)19-17(21)13-6-4-7-14(10-13)18-12(3)20/h4-11,16H,1-3H3,(H,18,20)(H,19,21)/t16-/m1/s1. The van der Waals surface area contributed by atoms with Crippen molar-refractivity contribution in [1.82, 2.24) is 5.32 Å². The summed E-state index contributed by atoms with van der Waals surface area (Å²) in [6.07, 6.45) is 0. The van der Waals surface area contributed by atoms with Crippen LogP contribution in [0.1, 0.15) is 42.0 Å². The van der Waals surface area contributed by atoms with E-state index in [1.165, 1.54) is 6.92 Å². The van der Waals surface area contributed by atoms with Gasteiger partial charge in [-0.05, 0) is 35.6 Å². The lowest BCUT2D eigenvalue weighted by Crippen LogP contribution is -2.31. The van der Waals surface area contributed by atoms with Crippen LogP contribution in [0.15, 0.2) is 41.8 Å². The van der Waals surface area contributed by atoms with Crippen molar-refractivity contribution in [2.45, 2.75) is 26.8 Å². The number of hydrogen-bond acceptors (Lipinski definition) is 3. The van der Waals surface area contributed by atoms with E-state index in [0.29, 0.717) is 17.2 Å². The van der Waals surface area contributed by atoms with Crippen molar-refractivity contribution in [1.29, 1.82) is 0 Å². The molecule has 0 aliphatic carbocycles. The fourth-order valence-electron chi connectivity index (χ4n) is 2.20. The molecule has 2 rings (SSSR count). The maximum Gasteiger partial charge on any atom is 0.251 e. The van der Waals surface area contributed by atoms with Gasteiger partial charge in [-0.1, -0.05) is 26.0 Å². The van der Waals surface area contributed by atoms with Crippen molar-refractivity contribution in [2.24, 2.45) is 5.92 Å². The van der Waals surface area contributed by atoms with Crippen LogP contribution in [0.2, 0.25) is 0 Å². The minimum atomic E-state index is -0.156. The normalized spacial score (nSPS) is 12.0. The second-order valence-electron chi connectivity index (χ2n) is 5.47. The third-order valence-electron chi connectivity index (χ3n) is 3.25. The van der Waals surface area contributed by atoms with Crippen LogP contribution in [0.3, 0.4) is 0 Å². The van der Waals surface area contributed by atoms with E-state index >= 15 is 0 Å². The van der Waals surface area contributed by atoms with Crippen LogP contribution in [0.25, 0.3) is 0 Å². The van der Waals surface area contributed by atoms with Crippen molar-refractivity contribution in [3.63, 3.8) is 0 Å². The predicted octanol–water partition coefficient (Wildman–Crippen LogP) is 3.83. The molecule has 0 bridgehead atoms. The zero-order valence-corrected chi connectivity index (χ0v) is 13.7. The van der Waals surface area contributed by atoms with Gasteiger partial charge in [0, 0.05) is 23.1 Å². The highest BCUT2D eigenvalue weighted by Gasteiger charge is 2.20. The Balaban J connectivity index is 2.15. The molecular weight excluding hydrogens is 296 g/mol. The average molecular weight is 316 g/mol. The van der Waals surface area contributed by atoms with Gasteiger partial charge in [-0.15, -0.1) is 11.3 Å². The summed E-state index contributed by atoms with van der Waals surface area (Å²) in [6.45, 7) is 5.61. The third kappa shape index (κ3) is 4.18. The number of anilines is 1. The van der Waals surface area contributed by atoms with Crippen LogP contribution < -0.4 is 10.6 Å². The number of hydrogen-bond donors (Lipinski definition) is 2. The molecule has 0 radical (unpaired) electrons. The van der Waals surface area contributed by atoms with Crippen molar-refractivity contribution in [3.8, 4) is 0 Å². The molecule has 0 saturated carbocycles. The van der Waals surface area contributed by atoms with Crippen LogP contribution in [0, 0.1) is 5.92 Å². The molecular formula is C17H20N2O2S. The molecule has 1 aromatic heterocycles. The minimum Gasteiger partial charge on any atom is -0.344 e. The minimum absolute atomic E-state index is 0.0167. The van der Waals surface area contributed by atoms with Crippen LogP contribution in [-0.2, 0) is 4.79 Å². The fourth-order valence-corrected chi connectivity index (χ4v) is 3.15. The van der Waals surface area contributed by atoms with Crippen LogP contribution >= 0.6 is 11.3 Å². The molecule has 2 N–H and O–H groups in total. The van der Waals surface area contributed by atoms with Crippen molar-refractivity contribution >= 4 is 28.8 Å². The second kappa shape index (κ2) is 7.22. The first-order valence-corrected chi connectivity index (χ1v) is 8.07. The summed E-state index contributed by atoms with van der Waals surface area (Å²) in [5, 5.41) is 7.77. The number of carbonyl (C=O) groups is 2. The highest BCUT2D eigenvalue weighted by molar-refractivity contribution is 7.10. The number of thiophene rings is 1. The van der Waals surface area contributed by atoms with Gasteiger partial charge < -0.3 is 10.6 Å². The van der Waals surface area contributed by atoms with E-state index in [1.54, 1.807) is 35.6 Å². The number of rotatable bonds is 5. The van der Waals surface area contributed by atoms with Crippen LogP contribution in [-0.4, -0.2) is 11.8 Å². The number of amides is 2. The molecule has 1 heterocycles. The maximum absolute atomic E-state index is 12.5. The summed E-state index contributed by atoms with van der Waals surface area (Å²) < 4.78 is 0. The molecule has 0 aliphatic rings. The number of benzene rings is 1. The molecule has 4 nitrogen and oxygen atoms in total. The van der Waals surface area contributed by atoms with Gasteiger partial charge in [0.25, 0.3) is 5.91 Å². The molecule has 0 unspecified atom stereocenters. The molecule has 1 atom stereocenters. The lowest BCUT2D eigenvalue weighted by atomic mass is 10.0. The smallest absolute Gasteiger partial charge is 0.251 e. The van der Waals surface area contributed by atoms with E-state index in [-0.39, 0.29) is 17.9 Å². The third-order valence-corrected chi connectivity index (χ3v) is 4.20. The maximum atomic E-state index is 12.5. The Morgan fingerprint density at radius 2 is 1.91 bits per heavy atom. The molecule has 116 valence electrons. The fraction of sp³-hybridized carbons (Fsp3) is 0.294. The molecule has 2 aromatic rings. The van der Waals surface area contributed by atoms with Gasteiger partial charge in [0.15, 0.2) is 0 Å². The van der Waals surface area contributed by atoms with E-state index in [1.807, 2.05) is 17.5 Å². The monoisotopic (exact) mass is 316 g/mol. The van der Waals surface area contributed by atoms with Crippen molar-refractivity contribution in [3.05, 3.63) is 52.2 Å². The van der Waals surface area contributed by atoms with E-state index in [4.69, 9.17) is 0 Å². The van der Waals surface area contributed by atoms with E-state index in [9.17, 15) is 9.59 Å². The average Bonchev–Trinajstić information content (AvgIpc) is 2.97. The largest absolute Gasteiger partial charge is 0.344 e. The van der Waals surface area contributed by atoms with Gasteiger partial charge >= 0.3 is 0 Å². The quantitative estimate of drug-likeness (QED) is 0.880. The predicted molar refractivity (Wildman–Crippen MR) is 90.1 cm³/mol. The summed E-state index contributed by atoms with van der Waals surface area (Å²) in [6, 6.07) is 10.9. The summed E-state index contributed by atoms with van der Waals surface area (Å²) >= 11 is 1.64. The highest BCUT2D eigenvalue weighted by Crippen LogP contribution is 2.26. The van der Waals surface area contributed by atoms with Crippen LogP contribution in [0.5, 0.6) is 0 Å². The second-order valence-corrected chi connectivity index (χ2v) is 6.45. The summed E-state index contributed by atoms with van der Waals surface area (Å²) in [4.78, 5) is 24.7. The summed E-state index contributed by atoms with van der Waals surface area (Å²) in [7, 11) is 0. The Hall–Kier alpha value is -2.14. The first-order chi connectivity index (χ1) is 10.5. The molecule has 22 heavy (non-hydrogen) atoms. The Labute approximate surface area is 134 Å². The Morgan fingerprint density at radius 1 is 1.14 bits per heavy atom. The SMILES string of the molecule is CC(=O)Nc1cccc(C(=O)N[C@@H](c2cccs2)C(C)C)c1. The molecule has 0 spiro atoms. The van der Waals surface area contributed by atoms with Crippen molar-refractivity contribution < 1.29 is 9.59 Å². The molecule has 5 heteroatoms. The van der Waals surface area contributed by atoms with Gasteiger partial charge in [-0.25, -0.2) is 0 Å². The van der Waals surface area contributed by atoms with Gasteiger partial charge in [-0.3, -0.25) is 9.59 Å². The van der Waals surface area contributed by atoms with Gasteiger partial charge in [0.05, 0.1) is 6.04 Å². The van der Waals surface area contributed by atoms with E-state index in [0.717, 1.165) is 4.88 Å². The van der Waals surface area contributed by atoms with Crippen molar-refractivity contribution in [2.75, 3.05) is 5.32 Å². The van der Waals surface area contributed by atoms with Gasteiger partial charge in [0.2, 0.25) is 5.91 Å². The molecule has 0 fully saturated rings. The number of nitrogens with one attached hydrogen (secondary N) is 2. The Morgan fingerprint density at radius 3 is 2.50 bits per heavy atom. The summed E-state index contributed by atoms with van der Waals surface area (Å²) in [5.74, 6) is -0.00312. The van der Waals surface area contributed by atoms with E-state index < -0.39 is 0 Å². The first kappa shape index (κ1) is 16.2.